The Balaban J connectivity index is 0.00000242. The minimum atomic E-state index is 0. The molecule has 0 fully saturated rings. The van der Waals surface area contributed by atoms with Gasteiger partial charge in [0.05, 0.1) is 5.75 Å². The van der Waals surface area contributed by atoms with E-state index >= 15 is 0 Å². The number of halogens is 1. The summed E-state index contributed by atoms with van der Waals surface area (Å²) in [5.41, 5.74) is 0. The SMILES string of the molecule is CCCNCCNC(=O)CSc1ccc2ccccc2c1.Cl. The van der Waals surface area contributed by atoms with Crippen molar-refractivity contribution in [1.29, 1.82) is 0 Å². The van der Waals surface area contributed by atoms with Gasteiger partial charge in [0.15, 0.2) is 0 Å². The van der Waals surface area contributed by atoms with Crippen LogP contribution >= 0.6 is 24.2 Å². The number of thioether (sulfide) groups is 1. The van der Waals surface area contributed by atoms with Crippen molar-refractivity contribution in [3.8, 4) is 0 Å². The van der Waals surface area contributed by atoms with Crippen molar-refractivity contribution in [2.45, 2.75) is 18.2 Å². The van der Waals surface area contributed by atoms with Crippen LogP contribution in [-0.2, 0) is 4.79 Å². The minimum Gasteiger partial charge on any atom is -0.354 e. The minimum absolute atomic E-state index is 0. The fourth-order valence-electron chi connectivity index (χ4n) is 2.05. The largest absolute Gasteiger partial charge is 0.354 e. The van der Waals surface area contributed by atoms with E-state index in [1.807, 2.05) is 12.1 Å². The Morgan fingerprint density at radius 1 is 1.05 bits per heavy atom. The number of amides is 1. The third kappa shape index (κ3) is 6.26. The third-order valence-corrected chi connectivity index (χ3v) is 4.14. The summed E-state index contributed by atoms with van der Waals surface area (Å²) in [5.74, 6) is 0.554. The van der Waals surface area contributed by atoms with E-state index in [2.05, 4.69) is 47.9 Å². The first-order valence-electron chi connectivity index (χ1n) is 7.38. The van der Waals surface area contributed by atoms with E-state index in [4.69, 9.17) is 0 Å². The Kier molecular flexibility index (Phi) is 8.97. The summed E-state index contributed by atoms with van der Waals surface area (Å²) in [5, 5.41) is 8.63. The predicted octanol–water partition coefficient (Wildman–Crippen LogP) is 3.47. The Hall–Kier alpha value is -1.23. The fraction of sp³-hybridized carbons (Fsp3) is 0.353. The van der Waals surface area contributed by atoms with Gasteiger partial charge in [-0.05, 0) is 35.9 Å². The number of rotatable bonds is 8. The van der Waals surface area contributed by atoms with Crippen LogP contribution in [0.2, 0.25) is 0 Å². The molecule has 0 atom stereocenters. The van der Waals surface area contributed by atoms with Crippen LogP contribution in [0.5, 0.6) is 0 Å². The second-order valence-corrected chi connectivity index (χ2v) is 5.95. The Morgan fingerprint density at radius 3 is 2.59 bits per heavy atom. The van der Waals surface area contributed by atoms with Gasteiger partial charge in [0.2, 0.25) is 5.91 Å². The lowest BCUT2D eigenvalue weighted by Gasteiger charge is -2.06. The predicted molar refractivity (Wildman–Crippen MR) is 98.1 cm³/mol. The molecule has 0 radical (unpaired) electrons. The number of benzene rings is 2. The molecule has 2 N–H and O–H groups in total. The number of hydrogen-bond donors (Lipinski definition) is 2. The standard InChI is InChI=1S/C17H22N2OS.ClH/c1-2-9-18-10-11-19-17(20)13-21-16-8-7-14-5-3-4-6-15(14)12-16;/h3-8,12,18H,2,9-11,13H2,1H3,(H,19,20);1H. The molecule has 0 unspecified atom stereocenters. The molecular weight excluding hydrogens is 316 g/mol. The third-order valence-electron chi connectivity index (χ3n) is 3.14. The van der Waals surface area contributed by atoms with E-state index in [0.717, 1.165) is 24.4 Å². The lowest BCUT2D eigenvalue weighted by molar-refractivity contribution is -0.118. The van der Waals surface area contributed by atoms with Gasteiger partial charge >= 0.3 is 0 Å². The Morgan fingerprint density at radius 2 is 1.82 bits per heavy atom. The molecule has 1 amide bonds. The van der Waals surface area contributed by atoms with Crippen LogP contribution in [0, 0.1) is 0 Å². The normalized spacial score (nSPS) is 10.2. The van der Waals surface area contributed by atoms with Gasteiger partial charge in [0.25, 0.3) is 0 Å². The van der Waals surface area contributed by atoms with Gasteiger partial charge in [-0.15, -0.1) is 24.2 Å². The highest BCUT2D eigenvalue weighted by Crippen LogP contribution is 2.23. The van der Waals surface area contributed by atoms with Crippen molar-refractivity contribution < 1.29 is 4.79 Å². The fourth-order valence-corrected chi connectivity index (χ4v) is 2.82. The van der Waals surface area contributed by atoms with E-state index in [0.29, 0.717) is 12.3 Å². The van der Waals surface area contributed by atoms with Crippen molar-refractivity contribution in [3.05, 3.63) is 42.5 Å². The summed E-state index contributed by atoms with van der Waals surface area (Å²) >= 11 is 1.58. The summed E-state index contributed by atoms with van der Waals surface area (Å²) < 4.78 is 0. The lowest BCUT2D eigenvalue weighted by Crippen LogP contribution is -2.33. The van der Waals surface area contributed by atoms with Gasteiger partial charge in [-0.2, -0.15) is 0 Å². The van der Waals surface area contributed by atoms with Crippen molar-refractivity contribution in [3.63, 3.8) is 0 Å². The van der Waals surface area contributed by atoms with Crippen LogP contribution in [0.15, 0.2) is 47.4 Å². The highest BCUT2D eigenvalue weighted by atomic mass is 35.5. The second kappa shape index (κ2) is 10.5. The van der Waals surface area contributed by atoms with Crippen LogP contribution in [0.1, 0.15) is 13.3 Å². The van der Waals surface area contributed by atoms with E-state index in [9.17, 15) is 4.79 Å². The van der Waals surface area contributed by atoms with Crippen LogP contribution in [0.4, 0.5) is 0 Å². The summed E-state index contributed by atoms with van der Waals surface area (Å²) in [6, 6.07) is 14.6. The molecule has 0 aliphatic rings. The summed E-state index contributed by atoms with van der Waals surface area (Å²) in [6.45, 7) is 4.66. The molecule has 2 rings (SSSR count). The zero-order valence-corrected chi connectivity index (χ0v) is 14.4. The molecule has 0 saturated heterocycles. The molecule has 120 valence electrons. The Bertz CT molecular complexity index is 592. The number of fused-ring (bicyclic) bond motifs is 1. The van der Waals surface area contributed by atoms with Crippen LogP contribution in [0.3, 0.4) is 0 Å². The average molecular weight is 339 g/mol. The smallest absolute Gasteiger partial charge is 0.230 e. The summed E-state index contributed by atoms with van der Waals surface area (Å²) in [7, 11) is 0. The number of carbonyl (C=O) groups excluding carboxylic acids is 1. The molecule has 0 spiro atoms. The Labute approximate surface area is 142 Å². The molecule has 0 saturated carbocycles. The first-order valence-corrected chi connectivity index (χ1v) is 8.37. The molecule has 22 heavy (non-hydrogen) atoms. The van der Waals surface area contributed by atoms with Gasteiger partial charge in [0, 0.05) is 18.0 Å². The van der Waals surface area contributed by atoms with E-state index in [1.54, 1.807) is 11.8 Å². The molecule has 0 bridgehead atoms. The van der Waals surface area contributed by atoms with Gasteiger partial charge in [0.1, 0.15) is 0 Å². The van der Waals surface area contributed by atoms with Gasteiger partial charge in [-0.1, -0.05) is 37.3 Å². The van der Waals surface area contributed by atoms with Crippen molar-refractivity contribution >= 4 is 40.8 Å². The zero-order valence-electron chi connectivity index (χ0n) is 12.8. The van der Waals surface area contributed by atoms with Crippen LogP contribution in [0.25, 0.3) is 10.8 Å². The first kappa shape index (κ1) is 18.8. The number of hydrogen-bond acceptors (Lipinski definition) is 3. The van der Waals surface area contributed by atoms with Crippen molar-refractivity contribution in [1.82, 2.24) is 10.6 Å². The maximum absolute atomic E-state index is 11.8. The zero-order chi connectivity index (χ0) is 14.9. The molecule has 0 heterocycles. The second-order valence-electron chi connectivity index (χ2n) is 4.90. The van der Waals surface area contributed by atoms with Gasteiger partial charge in [-0.25, -0.2) is 0 Å². The molecule has 2 aromatic rings. The number of carbonyl (C=O) groups is 1. The van der Waals surface area contributed by atoms with Crippen molar-refractivity contribution in [2.24, 2.45) is 0 Å². The van der Waals surface area contributed by atoms with Crippen LogP contribution in [-0.4, -0.2) is 31.3 Å². The maximum atomic E-state index is 11.8. The van der Waals surface area contributed by atoms with E-state index < -0.39 is 0 Å². The van der Waals surface area contributed by atoms with E-state index in [-0.39, 0.29) is 18.3 Å². The maximum Gasteiger partial charge on any atom is 0.230 e. The molecule has 0 aliphatic heterocycles. The van der Waals surface area contributed by atoms with Crippen LogP contribution < -0.4 is 10.6 Å². The van der Waals surface area contributed by atoms with Gasteiger partial charge < -0.3 is 10.6 Å². The van der Waals surface area contributed by atoms with Crippen molar-refractivity contribution in [2.75, 3.05) is 25.4 Å². The molecule has 2 aromatic carbocycles. The van der Waals surface area contributed by atoms with Gasteiger partial charge in [-0.3, -0.25) is 4.79 Å². The molecule has 0 aliphatic carbocycles. The lowest BCUT2D eigenvalue weighted by atomic mass is 10.1. The highest BCUT2D eigenvalue weighted by Gasteiger charge is 2.03. The summed E-state index contributed by atoms with van der Waals surface area (Å²) in [4.78, 5) is 12.9. The molecule has 0 aromatic heterocycles. The average Bonchev–Trinajstić information content (AvgIpc) is 2.52. The monoisotopic (exact) mass is 338 g/mol. The molecule has 3 nitrogen and oxygen atoms in total. The topological polar surface area (TPSA) is 41.1 Å². The summed E-state index contributed by atoms with van der Waals surface area (Å²) in [6.07, 6.45) is 1.12. The number of nitrogens with one attached hydrogen (secondary N) is 2. The molecular formula is C17H23ClN2OS. The van der Waals surface area contributed by atoms with E-state index in [1.165, 1.54) is 10.8 Å². The first-order chi connectivity index (χ1) is 10.3. The quantitative estimate of drug-likeness (QED) is 0.572. The highest BCUT2D eigenvalue weighted by molar-refractivity contribution is 8.00. The molecule has 5 heteroatoms.